The van der Waals surface area contributed by atoms with Crippen LogP contribution in [0.5, 0.6) is 0 Å². The third-order valence-corrected chi connectivity index (χ3v) is 3.18. The largest absolute Gasteiger partial charge is 0.478 e. The molecule has 0 saturated heterocycles. The van der Waals surface area contributed by atoms with Gasteiger partial charge in [0.1, 0.15) is 5.82 Å². The first-order valence-corrected chi connectivity index (χ1v) is 7.32. The van der Waals surface area contributed by atoms with Gasteiger partial charge in [-0.3, -0.25) is 0 Å². The molecule has 21 heavy (non-hydrogen) atoms. The summed E-state index contributed by atoms with van der Waals surface area (Å²) in [6, 6.07) is 3.09. The molecule has 1 aromatic rings. The number of hydrogen-bond donors (Lipinski definition) is 3. The van der Waals surface area contributed by atoms with E-state index in [2.05, 4.69) is 24.1 Å². The van der Waals surface area contributed by atoms with Crippen LogP contribution in [0.1, 0.15) is 63.0 Å². The van der Waals surface area contributed by atoms with E-state index >= 15 is 0 Å². The fourth-order valence-corrected chi connectivity index (χ4v) is 2.29. The predicted octanol–water partition coefficient (Wildman–Crippen LogP) is 3.11. The average molecular weight is 294 g/mol. The molecule has 0 aliphatic carbocycles. The Morgan fingerprint density at radius 2 is 1.95 bits per heavy atom. The van der Waals surface area contributed by atoms with Gasteiger partial charge in [0.25, 0.3) is 0 Å². The van der Waals surface area contributed by atoms with Gasteiger partial charge < -0.3 is 15.5 Å². The van der Waals surface area contributed by atoms with Crippen LogP contribution in [0.2, 0.25) is 0 Å². The van der Waals surface area contributed by atoms with Crippen molar-refractivity contribution in [3.8, 4) is 0 Å². The smallest absolute Gasteiger partial charge is 0.335 e. The summed E-state index contributed by atoms with van der Waals surface area (Å²) in [5.41, 5.74) is 0.0770. The number of aliphatic hydroxyl groups is 1. The molecule has 1 unspecified atom stereocenters. The molecule has 3 N–H and O–H groups in total. The lowest BCUT2D eigenvalue weighted by atomic mass is 9.94. The lowest BCUT2D eigenvalue weighted by Gasteiger charge is -2.26. The molecule has 118 valence electrons. The third-order valence-electron chi connectivity index (χ3n) is 3.18. The van der Waals surface area contributed by atoms with Gasteiger partial charge in [-0.05, 0) is 37.3 Å². The lowest BCUT2D eigenvalue weighted by molar-refractivity contribution is 0.0514. The molecule has 1 rings (SSSR count). The van der Waals surface area contributed by atoms with Gasteiger partial charge in [0.2, 0.25) is 0 Å². The van der Waals surface area contributed by atoms with Crippen LogP contribution in [0.3, 0.4) is 0 Å². The number of nitrogens with one attached hydrogen (secondary N) is 1. The molecular weight excluding hydrogens is 268 g/mol. The van der Waals surface area contributed by atoms with Crippen molar-refractivity contribution in [3.05, 3.63) is 23.4 Å². The first kappa shape index (κ1) is 17.4. The van der Waals surface area contributed by atoms with Gasteiger partial charge in [-0.15, -0.1) is 0 Å². The molecule has 5 heteroatoms. The van der Waals surface area contributed by atoms with Crippen molar-refractivity contribution in [3.63, 3.8) is 0 Å². The minimum atomic E-state index is -0.976. The Kier molecular flexibility index (Phi) is 5.72. The Hall–Kier alpha value is -1.62. The summed E-state index contributed by atoms with van der Waals surface area (Å²) >= 11 is 0. The zero-order valence-electron chi connectivity index (χ0n) is 13.5. The van der Waals surface area contributed by atoms with E-state index in [1.807, 2.05) is 13.8 Å². The molecule has 0 fully saturated rings. The zero-order chi connectivity index (χ0) is 16.2. The molecule has 0 aromatic carbocycles. The first-order chi connectivity index (χ1) is 9.60. The molecule has 5 nitrogen and oxygen atoms in total. The maximum atomic E-state index is 11.2. The Bertz CT molecular complexity index is 496. The molecule has 0 saturated carbocycles. The molecule has 1 aromatic heterocycles. The highest BCUT2D eigenvalue weighted by molar-refractivity contribution is 5.88. The lowest BCUT2D eigenvalue weighted by Crippen LogP contribution is -2.35. The highest BCUT2D eigenvalue weighted by Gasteiger charge is 2.22. The van der Waals surface area contributed by atoms with Gasteiger partial charge in [0, 0.05) is 12.2 Å². The minimum Gasteiger partial charge on any atom is -0.478 e. The number of nitrogens with zero attached hydrogens (tertiary/aromatic N) is 1. The summed E-state index contributed by atoms with van der Waals surface area (Å²) in [7, 11) is 0. The summed E-state index contributed by atoms with van der Waals surface area (Å²) in [6.07, 6.45) is 0.662. The van der Waals surface area contributed by atoms with Gasteiger partial charge in [-0.25, -0.2) is 9.78 Å². The first-order valence-electron chi connectivity index (χ1n) is 7.32. The third kappa shape index (κ3) is 5.71. The highest BCUT2D eigenvalue weighted by atomic mass is 16.4. The predicted molar refractivity (Wildman–Crippen MR) is 83.9 cm³/mol. The van der Waals surface area contributed by atoms with Gasteiger partial charge >= 0.3 is 5.97 Å². The number of anilines is 1. The van der Waals surface area contributed by atoms with Gasteiger partial charge in [-0.2, -0.15) is 0 Å². The maximum absolute atomic E-state index is 11.2. The van der Waals surface area contributed by atoms with Crippen LogP contribution in [0, 0.1) is 5.92 Å². The van der Waals surface area contributed by atoms with E-state index in [9.17, 15) is 9.90 Å². The summed E-state index contributed by atoms with van der Waals surface area (Å²) in [5, 5.41) is 22.5. The van der Waals surface area contributed by atoms with Gasteiger partial charge in [-0.1, -0.05) is 27.7 Å². The van der Waals surface area contributed by atoms with E-state index in [1.165, 1.54) is 6.07 Å². The van der Waals surface area contributed by atoms with Crippen molar-refractivity contribution in [2.24, 2.45) is 5.92 Å². The van der Waals surface area contributed by atoms with E-state index in [4.69, 9.17) is 5.11 Å². The van der Waals surface area contributed by atoms with Crippen molar-refractivity contribution >= 4 is 11.8 Å². The van der Waals surface area contributed by atoms with Crippen molar-refractivity contribution in [1.82, 2.24) is 4.98 Å². The summed E-state index contributed by atoms with van der Waals surface area (Å²) in [5.74, 6) is 0.0336. The van der Waals surface area contributed by atoms with E-state index in [0.29, 0.717) is 24.7 Å². The second-order valence-corrected chi connectivity index (χ2v) is 6.57. The van der Waals surface area contributed by atoms with Crippen molar-refractivity contribution in [2.75, 3.05) is 11.9 Å². The molecule has 0 amide bonds. The number of carbonyl (C=O) groups is 1. The quantitative estimate of drug-likeness (QED) is 0.719. The van der Waals surface area contributed by atoms with Crippen LogP contribution < -0.4 is 5.32 Å². The molecule has 1 atom stereocenters. The average Bonchev–Trinajstić information content (AvgIpc) is 2.34. The van der Waals surface area contributed by atoms with Crippen LogP contribution in [-0.4, -0.2) is 33.3 Å². The van der Waals surface area contributed by atoms with Crippen LogP contribution >= 0.6 is 0 Å². The van der Waals surface area contributed by atoms with Gasteiger partial charge in [0.15, 0.2) is 0 Å². The van der Waals surface area contributed by atoms with Gasteiger partial charge in [0.05, 0.1) is 11.2 Å². The molecule has 0 bridgehead atoms. The van der Waals surface area contributed by atoms with Crippen LogP contribution in [0.25, 0.3) is 0 Å². The highest BCUT2D eigenvalue weighted by Crippen LogP contribution is 2.20. The number of hydrogen-bond acceptors (Lipinski definition) is 4. The van der Waals surface area contributed by atoms with Crippen LogP contribution in [0.15, 0.2) is 12.1 Å². The summed E-state index contributed by atoms with van der Waals surface area (Å²) in [4.78, 5) is 15.6. The number of rotatable bonds is 7. The number of aromatic carboxylic acids is 1. The van der Waals surface area contributed by atoms with E-state index in [1.54, 1.807) is 13.0 Å². The van der Waals surface area contributed by atoms with Crippen molar-refractivity contribution in [1.29, 1.82) is 0 Å². The Labute approximate surface area is 126 Å². The van der Waals surface area contributed by atoms with Crippen molar-refractivity contribution in [2.45, 2.75) is 52.6 Å². The van der Waals surface area contributed by atoms with E-state index in [-0.39, 0.29) is 11.5 Å². The zero-order valence-corrected chi connectivity index (χ0v) is 13.5. The topological polar surface area (TPSA) is 82.5 Å². The Morgan fingerprint density at radius 3 is 2.43 bits per heavy atom. The normalized spacial score (nSPS) is 14.3. The standard InChI is InChI=1S/C16H26N2O3/c1-10(2)8-16(5,21)9-17-14-7-12(15(19)20)6-13(18-14)11(3)4/h6-7,10-11,21H,8-9H2,1-5H3,(H,17,18)(H,19,20). The number of carboxylic acids is 1. The second-order valence-electron chi connectivity index (χ2n) is 6.57. The molecule has 0 radical (unpaired) electrons. The van der Waals surface area contributed by atoms with E-state index < -0.39 is 11.6 Å². The summed E-state index contributed by atoms with van der Waals surface area (Å²) < 4.78 is 0. The second kappa shape index (κ2) is 6.89. The fraction of sp³-hybridized carbons (Fsp3) is 0.625. The van der Waals surface area contributed by atoms with Crippen LogP contribution in [0.4, 0.5) is 5.82 Å². The number of pyridine rings is 1. The molecule has 1 heterocycles. The number of carboxylic acid groups (broad SMARTS) is 1. The molecular formula is C16H26N2O3. The minimum absolute atomic E-state index is 0.140. The Balaban J connectivity index is 2.90. The fourth-order valence-electron chi connectivity index (χ4n) is 2.29. The molecule has 0 aliphatic rings. The number of aromatic nitrogens is 1. The van der Waals surface area contributed by atoms with E-state index in [0.717, 1.165) is 5.69 Å². The SMILES string of the molecule is CC(C)CC(C)(O)CNc1cc(C(=O)O)cc(C(C)C)n1. The Morgan fingerprint density at radius 1 is 1.33 bits per heavy atom. The molecule has 0 spiro atoms. The molecule has 0 aliphatic heterocycles. The maximum Gasteiger partial charge on any atom is 0.335 e. The van der Waals surface area contributed by atoms with Crippen molar-refractivity contribution < 1.29 is 15.0 Å². The summed E-state index contributed by atoms with van der Waals surface area (Å²) in [6.45, 7) is 10.1. The van der Waals surface area contributed by atoms with Crippen LogP contribution in [-0.2, 0) is 0 Å². The monoisotopic (exact) mass is 294 g/mol.